The summed E-state index contributed by atoms with van der Waals surface area (Å²) in [6.07, 6.45) is 5.78. The summed E-state index contributed by atoms with van der Waals surface area (Å²) in [6, 6.07) is 0. The highest BCUT2D eigenvalue weighted by atomic mass is 16.5. The van der Waals surface area contributed by atoms with Crippen molar-refractivity contribution in [3.05, 3.63) is 4.91 Å². The van der Waals surface area contributed by atoms with Gasteiger partial charge in [0.25, 0.3) is 0 Å². The summed E-state index contributed by atoms with van der Waals surface area (Å²) in [5.41, 5.74) is -1.39. The lowest BCUT2D eigenvalue weighted by atomic mass is 10.0. The minimum absolute atomic E-state index is 0.0222. The van der Waals surface area contributed by atoms with E-state index in [-0.39, 0.29) is 18.6 Å². The van der Waals surface area contributed by atoms with Gasteiger partial charge in [-0.2, -0.15) is 0 Å². The van der Waals surface area contributed by atoms with Gasteiger partial charge in [0.05, 0.1) is 18.6 Å². The van der Waals surface area contributed by atoms with Crippen LogP contribution in [0, 0.1) is 23.2 Å². The molecule has 0 spiro atoms. The first-order chi connectivity index (χ1) is 12.2. The Balaban J connectivity index is -0.000000366. The Morgan fingerprint density at radius 2 is 1.81 bits per heavy atom. The molecule has 0 radical (unpaired) electrons. The molecule has 26 heavy (non-hydrogen) atoms. The van der Waals surface area contributed by atoms with Gasteiger partial charge in [0.15, 0.2) is 24.4 Å². The van der Waals surface area contributed by atoms with Gasteiger partial charge in [-0.1, -0.05) is 0 Å². The molecule has 1 fully saturated rings. The Morgan fingerprint density at radius 1 is 1.38 bits per heavy atom. The van der Waals surface area contributed by atoms with E-state index < -0.39 is 11.8 Å². The van der Waals surface area contributed by atoms with Crippen molar-refractivity contribution >= 4 is 12.6 Å². The van der Waals surface area contributed by atoms with E-state index in [0.717, 1.165) is 6.42 Å². The summed E-state index contributed by atoms with van der Waals surface area (Å²) in [5, 5.41) is 13.4. The quantitative estimate of drug-likeness (QED) is 0.295. The molecule has 0 aromatic rings. The lowest BCUT2D eigenvalue weighted by Gasteiger charge is -2.14. The lowest BCUT2D eigenvalue weighted by Crippen LogP contribution is -2.27. The zero-order chi connectivity index (χ0) is 21.0. The fraction of sp³-hybridized carbons (Fsp3) is 0.765. The number of carbonyl (C=O) groups is 2. The molecule has 0 aliphatic carbocycles. The van der Waals surface area contributed by atoms with Gasteiger partial charge in [-0.3, -0.25) is 9.59 Å². The van der Waals surface area contributed by atoms with Crippen LogP contribution in [-0.2, 0) is 23.8 Å². The molecule has 2 N–H and O–H groups in total. The minimum atomic E-state index is -1.39. The van der Waals surface area contributed by atoms with Crippen LogP contribution in [0.25, 0.3) is 0 Å². The van der Waals surface area contributed by atoms with Gasteiger partial charge in [-0.05, 0) is 39.5 Å². The van der Waals surface area contributed by atoms with E-state index in [2.05, 4.69) is 21.2 Å². The Morgan fingerprint density at radius 3 is 2.12 bits per heavy atom. The van der Waals surface area contributed by atoms with E-state index in [0.29, 0.717) is 19.2 Å². The zero-order valence-electron chi connectivity index (χ0n) is 16.4. The van der Waals surface area contributed by atoms with Gasteiger partial charge in [-0.15, -0.1) is 17.3 Å². The molecular weight excluding hydrogens is 344 g/mol. The Kier molecular flexibility index (Phi) is 21.9. The topological polar surface area (TPSA) is 124 Å². The van der Waals surface area contributed by atoms with Crippen molar-refractivity contribution in [2.45, 2.75) is 38.2 Å². The number of nitrogens with one attached hydrogen (secondary N) is 1. The van der Waals surface area contributed by atoms with Crippen molar-refractivity contribution in [1.82, 2.24) is 5.32 Å². The van der Waals surface area contributed by atoms with Crippen LogP contribution in [-0.4, -0.2) is 77.1 Å². The molecule has 0 amide bonds. The van der Waals surface area contributed by atoms with Crippen LogP contribution in [0.2, 0.25) is 0 Å². The summed E-state index contributed by atoms with van der Waals surface area (Å²) in [5.74, 6) is 2.61. The van der Waals surface area contributed by atoms with Crippen LogP contribution in [0.1, 0.15) is 20.3 Å². The van der Waals surface area contributed by atoms with E-state index in [1.807, 2.05) is 14.1 Å². The highest BCUT2D eigenvalue weighted by Crippen LogP contribution is 2.20. The maximum absolute atomic E-state index is 10.3. The predicted octanol–water partition coefficient (Wildman–Crippen LogP) is 0.387. The molecule has 0 bridgehead atoms. The second-order valence-corrected chi connectivity index (χ2v) is 5.54. The van der Waals surface area contributed by atoms with Crippen molar-refractivity contribution in [2.75, 3.05) is 41.5 Å². The number of methoxy groups -OCH3 is 1. The lowest BCUT2D eigenvalue weighted by molar-refractivity contribution is -0.130. The largest absolute Gasteiger partial charge is 0.388 e. The van der Waals surface area contributed by atoms with E-state index in [1.54, 1.807) is 14.2 Å². The van der Waals surface area contributed by atoms with Crippen LogP contribution in [0.3, 0.4) is 0 Å². The predicted molar refractivity (Wildman–Crippen MR) is 98.6 cm³/mol. The third-order valence-electron chi connectivity index (χ3n) is 2.37. The highest BCUT2D eigenvalue weighted by molar-refractivity contribution is 5.80. The highest BCUT2D eigenvalue weighted by Gasteiger charge is 2.27. The van der Waals surface area contributed by atoms with Gasteiger partial charge >= 0.3 is 0 Å². The fourth-order valence-corrected chi connectivity index (χ4v) is 1.32. The first-order valence-corrected chi connectivity index (χ1v) is 7.86. The molecule has 1 saturated heterocycles. The third-order valence-corrected chi connectivity index (χ3v) is 2.37. The normalized spacial score (nSPS) is 18.0. The molecule has 9 nitrogen and oxygen atoms in total. The van der Waals surface area contributed by atoms with Crippen LogP contribution in [0.15, 0.2) is 5.18 Å². The first-order valence-electron chi connectivity index (χ1n) is 7.86. The van der Waals surface area contributed by atoms with Crippen molar-refractivity contribution < 1.29 is 28.9 Å². The smallest absolute Gasteiger partial charge is 0.191 e. The third kappa shape index (κ3) is 20.3. The molecule has 1 rings (SSSR count). The standard InChI is InChI=1S/C10H12O4.C3H7NO2.C2H7N.C2H6O/c1-2-8-3-4-13-10(8)7-14-9(5-11)6-12;1-3(2,5)4-6;2*1-3-2/h1,5-6,8-10H,3-4,7H2;5H,1-2H3;3H,1-2H3;1-2H3. The number of carbonyl (C=O) groups excluding carboxylic acids is 2. The van der Waals surface area contributed by atoms with Crippen molar-refractivity contribution in [2.24, 2.45) is 11.1 Å². The van der Waals surface area contributed by atoms with E-state index in [9.17, 15) is 14.5 Å². The van der Waals surface area contributed by atoms with Gasteiger partial charge < -0.3 is 24.6 Å². The van der Waals surface area contributed by atoms with Gasteiger partial charge in [-0.25, -0.2) is 0 Å². The average Bonchev–Trinajstić information content (AvgIpc) is 3.05. The van der Waals surface area contributed by atoms with Crippen molar-refractivity contribution in [3.63, 3.8) is 0 Å². The number of nitrogens with zero attached hydrogens (tertiary/aromatic N) is 1. The molecular formula is C17H32N2O7. The SMILES string of the molecule is C#CC1CCOC1COC(C=O)C=O.CC(C)(O)N=O.CNC.COC. The number of hydrogen-bond acceptors (Lipinski definition) is 9. The summed E-state index contributed by atoms with van der Waals surface area (Å²) in [6.45, 7) is 3.44. The van der Waals surface area contributed by atoms with Crippen molar-refractivity contribution in [1.29, 1.82) is 0 Å². The molecule has 2 atom stereocenters. The molecule has 0 aromatic carbocycles. The van der Waals surface area contributed by atoms with Crippen LogP contribution >= 0.6 is 0 Å². The summed E-state index contributed by atoms with van der Waals surface area (Å²) in [7, 11) is 7.00. The molecule has 9 heteroatoms. The van der Waals surface area contributed by atoms with Gasteiger partial charge in [0, 0.05) is 20.8 Å². The Bertz CT molecular complexity index is 382. The Hall–Kier alpha value is -1.70. The number of aldehydes is 2. The minimum Gasteiger partial charge on any atom is -0.388 e. The molecule has 152 valence electrons. The maximum atomic E-state index is 10.3. The molecule has 1 aliphatic heterocycles. The molecule has 2 unspecified atom stereocenters. The molecule has 0 aromatic heterocycles. The van der Waals surface area contributed by atoms with E-state index in [4.69, 9.17) is 21.0 Å². The Labute approximate surface area is 155 Å². The first kappa shape index (κ1) is 29.1. The van der Waals surface area contributed by atoms with Gasteiger partial charge in [0.2, 0.25) is 0 Å². The second kappa shape index (κ2) is 19.6. The maximum Gasteiger partial charge on any atom is 0.191 e. The van der Waals surface area contributed by atoms with E-state index in [1.165, 1.54) is 13.8 Å². The molecule has 1 heterocycles. The fourth-order valence-electron chi connectivity index (χ4n) is 1.32. The number of hydrogen-bond donors (Lipinski definition) is 2. The average molecular weight is 376 g/mol. The molecule has 1 aliphatic rings. The second-order valence-electron chi connectivity index (χ2n) is 5.54. The van der Waals surface area contributed by atoms with Gasteiger partial charge in [0.1, 0.15) is 0 Å². The number of terminal acetylenes is 1. The number of ether oxygens (including phenoxy) is 3. The summed E-state index contributed by atoms with van der Waals surface area (Å²) >= 11 is 0. The number of rotatable bonds is 6. The van der Waals surface area contributed by atoms with Crippen LogP contribution in [0.5, 0.6) is 0 Å². The van der Waals surface area contributed by atoms with Crippen LogP contribution in [0.4, 0.5) is 0 Å². The van der Waals surface area contributed by atoms with Crippen molar-refractivity contribution in [3.8, 4) is 12.3 Å². The summed E-state index contributed by atoms with van der Waals surface area (Å²) in [4.78, 5) is 29.8. The van der Waals surface area contributed by atoms with Crippen LogP contribution < -0.4 is 5.32 Å². The zero-order valence-corrected chi connectivity index (χ0v) is 16.4. The number of aliphatic hydroxyl groups is 1. The number of nitroso groups, excluding NO2 is 1. The summed E-state index contributed by atoms with van der Waals surface area (Å²) < 4.78 is 14.5. The molecule has 0 saturated carbocycles. The van der Waals surface area contributed by atoms with E-state index >= 15 is 0 Å². The monoisotopic (exact) mass is 376 g/mol.